The Bertz CT molecular complexity index is 615. The van der Waals surface area contributed by atoms with Crippen molar-refractivity contribution in [2.75, 3.05) is 0 Å². The molecule has 2 unspecified atom stereocenters. The molecule has 0 radical (unpaired) electrons. The second-order valence-corrected chi connectivity index (χ2v) is 7.06. The van der Waals surface area contributed by atoms with Gasteiger partial charge in [0.05, 0.1) is 6.16 Å². The van der Waals surface area contributed by atoms with Crippen LogP contribution in [-0.2, 0) is 15.5 Å². The number of carboxylic acid groups (broad SMARTS) is 1. The molecule has 0 saturated carbocycles. The number of aliphatic carboxylic acids is 1. The molecule has 0 fully saturated rings. The number of hydrogen-bond donors (Lipinski definition) is 3. The monoisotopic (exact) mass is 311 g/mol. The first-order valence-corrected chi connectivity index (χ1v) is 8.65. The molecule has 106 valence electrons. The van der Waals surface area contributed by atoms with Crippen LogP contribution in [0.5, 0.6) is 0 Å². The molecule has 0 aliphatic carbocycles. The second kappa shape index (κ2) is 6.33. The van der Waals surface area contributed by atoms with Crippen molar-refractivity contribution in [2.45, 2.75) is 12.2 Å². The largest absolute Gasteiger partial charge is 0.480 e. The predicted octanol–water partition coefficient (Wildman–Crippen LogP) is 2.85. The normalized spacial score (nSPS) is 15.4. The Morgan fingerprint density at radius 3 is 2.55 bits per heavy atom. The van der Waals surface area contributed by atoms with Gasteiger partial charge >= 0.3 is 5.97 Å². The van der Waals surface area contributed by atoms with Crippen LogP contribution in [0.4, 0.5) is 0 Å². The summed E-state index contributed by atoms with van der Waals surface area (Å²) in [6.07, 6.45) is -0.109. The van der Waals surface area contributed by atoms with E-state index in [9.17, 15) is 19.4 Å². The van der Waals surface area contributed by atoms with Gasteiger partial charge in [0.15, 0.2) is 0 Å². The first-order valence-electron chi connectivity index (χ1n) is 5.86. The van der Waals surface area contributed by atoms with E-state index >= 15 is 0 Å². The van der Waals surface area contributed by atoms with Crippen LogP contribution in [-0.4, -0.2) is 16.0 Å². The first kappa shape index (κ1) is 14.9. The highest BCUT2D eigenvalue weighted by Gasteiger charge is 2.29. The second-order valence-electron chi connectivity index (χ2n) is 4.30. The molecular formula is C13H14NO4PS. The van der Waals surface area contributed by atoms with Crippen LogP contribution in [0.15, 0.2) is 47.2 Å². The summed E-state index contributed by atoms with van der Waals surface area (Å²) in [7, 11) is -3.79. The van der Waals surface area contributed by atoms with Gasteiger partial charge in [0, 0.05) is 0 Å². The number of carboxylic acids is 1. The Balaban J connectivity index is 2.13. The fourth-order valence-electron chi connectivity index (χ4n) is 1.79. The number of nitrogens with one attached hydrogen (secondary N) is 1. The predicted molar refractivity (Wildman–Crippen MR) is 77.8 cm³/mol. The summed E-state index contributed by atoms with van der Waals surface area (Å²) in [4.78, 5) is 21.2. The quantitative estimate of drug-likeness (QED) is 0.714. The molecule has 3 N–H and O–H groups in total. The van der Waals surface area contributed by atoms with Gasteiger partial charge in [-0.3, -0.25) is 9.36 Å². The minimum Gasteiger partial charge on any atom is -0.480 e. The van der Waals surface area contributed by atoms with Crippen molar-refractivity contribution in [3.8, 4) is 0 Å². The lowest BCUT2D eigenvalue weighted by atomic mass is 10.2. The summed E-state index contributed by atoms with van der Waals surface area (Å²) in [6, 6.07) is 9.24. The van der Waals surface area contributed by atoms with Gasteiger partial charge in [0.2, 0.25) is 0 Å². The van der Waals surface area contributed by atoms with E-state index in [1.165, 1.54) is 11.3 Å². The summed E-state index contributed by atoms with van der Waals surface area (Å²) in [5.74, 6) is -1.18. The van der Waals surface area contributed by atoms with Gasteiger partial charge in [-0.15, -0.1) is 0 Å². The van der Waals surface area contributed by atoms with Gasteiger partial charge < -0.3 is 10.00 Å². The van der Waals surface area contributed by atoms with Crippen molar-refractivity contribution in [2.24, 2.45) is 0 Å². The Morgan fingerprint density at radius 2 is 2.00 bits per heavy atom. The molecule has 1 aromatic carbocycles. The zero-order valence-electron chi connectivity index (χ0n) is 10.5. The maximum absolute atomic E-state index is 12.2. The van der Waals surface area contributed by atoms with Crippen LogP contribution in [0.25, 0.3) is 0 Å². The fraction of sp³-hybridized carbons (Fsp3) is 0.154. The van der Waals surface area contributed by atoms with E-state index in [1.807, 2.05) is 6.07 Å². The number of benzene rings is 1. The van der Waals surface area contributed by atoms with Crippen LogP contribution in [0.3, 0.4) is 0 Å². The molecule has 0 saturated heterocycles. The van der Waals surface area contributed by atoms with Crippen LogP contribution in [0.2, 0.25) is 0 Å². The van der Waals surface area contributed by atoms with E-state index in [0.717, 1.165) is 0 Å². The highest BCUT2D eigenvalue weighted by Crippen LogP contribution is 2.42. The van der Waals surface area contributed by atoms with Crippen molar-refractivity contribution >= 4 is 24.8 Å². The van der Waals surface area contributed by atoms with E-state index in [1.54, 1.807) is 41.1 Å². The van der Waals surface area contributed by atoms with E-state index in [-0.39, 0.29) is 6.16 Å². The molecular weight excluding hydrogens is 297 g/mol. The molecule has 0 amide bonds. The van der Waals surface area contributed by atoms with Crippen molar-refractivity contribution < 1.29 is 19.4 Å². The third-order valence-corrected chi connectivity index (χ3v) is 4.85. The van der Waals surface area contributed by atoms with Crippen LogP contribution >= 0.6 is 18.9 Å². The van der Waals surface area contributed by atoms with Crippen LogP contribution in [0.1, 0.15) is 17.2 Å². The summed E-state index contributed by atoms with van der Waals surface area (Å²) in [5.41, 5.74) is 1.16. The lowest BCUT2D eigenvalue weighted by Crippen LogP contribution is -2.26. The zero-order valence-corrected chi connectivity index (χ0v) is 12.2. The van der Waals surface area contributed by atoms with Crippen LogP contribution < -0.4 is 5.09 Å². The Kier molecular flexibility index (Phi) is 4.73. The minimum atomic E-state index is -3.79. The minimum absolute atomic E-state index is 0.109. The maximum Gasteiger partial charge on any atom is 0.325 e. The van der Waals surface area contributed by atoms with Gasteiger partial charge in [-0.25, -0.2) is 5.09 Å². The molecule has 0 aliphatic heterocycles. The summed E-state index contributed by atoms with van der Waals surface area (Å²) < 4.78 is 12.2. The smallest absolute Gasteiger partial charge is 0.325 e. The number of carbonyl (C=O) groups is 1. The van der Waals surface area contributed by atoms with E-state index in [2.05, 4.69) is 5.09 Å². The van der Waals surface area contributed by atoms with Crippen molar-refractivity contribution in [1.82, 2.24) is 5.09 Å². The van der Waals surface area contributed by atoms with Gasteiger partial charge in [0.25, 0.3) is 7.52 Å². The maximum atomic E-state index is 12.2. The Labute approximate surface area is 120 Å². The number of hydrogen-bond acceptors (Lipinski definition) is 3. The molecule has 1 heterocycles. The summed E-state index contributed by atoms with van der Waals surface area (Å²) in [5, 5.41) is 14.9. The first-order chi connectivity index (χ1) is 9.48. The number of rotatable bonds is 6. The average molecular weight is 311 g/mol. The standard InChI is InChI=1S/C13H14NO4PS/c15-13(16)12(11-6-7-20-9-11)14-19(17,18)8-10-4-2-1-3-5-10/h1-7,9,12H,8H2,(H,15,16)(H2,14,17,18). The summed E-state index contributed by atoms with van der Waals surface area (Å²) in [6.45, 7) is 0. The highest BCUT2D eigenvalue weighted by atomic mass is 32.1. The molecule has 20 heavy (non-hydrogen) atoms. The third kappa shape index (κ3) is 4.02. The molecule has 7 heteroatoms. The van der Waals surface area contributed by atoms with Crippen LogP contribution in [0, 0.1) is 0 Å². The van der Waals surface area contributed by atoms with Gasteiger partial charge in [-0.1, -0.05) is 30.3 Å². The van der Waals surface area contributed by atoms with E-state index in [0.29, 0.717) is 11.1 Å². The Morgan fingerprint density at radius 1 is 1.30 bits per heavy atom. The molecule has 2 aromatic rings. The molecule has 0 spiro atoms. The zero-order chi connectivity index (χ0) is 14.6. The number of thiophene rings is 1. The lowest BCUT2D eigenvalue weighted by Gasteiger charge is -2.18. The average Bonchev–Trinajstić information content (AvgIpc) is 2.90. The van der Waals surface area contributed by atoms with E-state index in [4.69, 9.17) is 0 Å². The molecule has 5 nitrogen and oxygen atoms in total. The van der Waals surface area contributed by atoms with Crippen molar-refractivity contribution in [1.29, 1.82) is 0 Å². The van der Waals surface area contributed by atoms with Gasteiger partial charge in [0.1, 0.15) is 6.04 Å². The SMILES string of the molecule is O=C(O)C(NP(=O)(O)Cc1ccccc1)c1ccsc1. The molecule has 0 aliphatic rings. The highest BCUT2D eigenvalue weighted by molar-refractivity contribution is 7.55. The van der Waals surface area contributed by atoms with E-state index < -0.39 is 19.5 Å². The molecule has 2 rings (SSSR count). The molecule has 2 atom stereocenters. The fourth-order valence-corrected chi connectivity index (χ4v) is 3.94. The van der Waals surface area contributed by atoms with Gasteiger partial charge in [-0.2, -0.15) is 11.3 Å². The van der Waals surface area contributed by atoms with Crippen molar-refractivity contribution in [3.63, 3.8) is 0 Å². The third-order valence-electron chi connectivity index (χ3n) is 2.69. The topological polar surface area (TPSA) is 86.6 Å². The van der Waals surface area contributed by atoms with Gasteiger partial charge in [-0.05, 0) is 28.0 Å². The van der Waals surface area contributed by atoms with Crippen molar-refractivity contribution in [3.05, 3.63) is 58.3 Å². The molecule has 1 aromatic heterocycles. The Hall–Kier alpha value is -1.46. The molecule has 0 bridgehead atoms. The lowest BCUT2D eigenvalue weighted by molar-refractivity contribution is -0.139. The summed E-state index contributed by atoms with van der Waals surface area (Å²) >= 11 is 1.34.